The molecule has 0 aliphatic rings. The van der Waals surface area contributed by atoms with Gasteiger partial charge in [-0.15, -0.1) is 10.2 Å². The van der Waals surface area contributed by atoms with Gasteiger partial charge >= 0.3 is 6.03 Å². The molecule has 0 fully saturated rings. The maximum absolute atomic E-state index is 12.8. The summed E-state index contributed by atoms with van der Waals surface area (Å²) in [6, 6.07) is 16.1. The zero-order valence-electron chi connectivity index (χ0n) is 18.7. The van der Waals surface area contributed by atoms with E-state index in [4.69, 9.17) is 23.2 Å². The van der Waals surface area contributed by atoms with Crippen LogP contribution in [0.25, 0.3) is 16.3 Å². The van der Waals surface area contributed by atoms with E-state index < -0.39 is 6.03 Å². The zero-order chi connectivity index (χ0) is 25.9. The molecule has 0 aliphatic heterocycles. The Bertz CT molecular complexity index is 1590. The summed E-state index contributed by atoms with van der Waals surface area (Å²) in [5.41, 5.74) is 2.71. The van der Waals surface area contributed by atoms with Gasteiger partial charge in [-0.05, 0) is 60.7 Å². The number of halogens is 2. The number of hydrogen-bond acceptors (Lipinski definition) is 7. The molecular formula is C25H16Cl2N6O3S. The number of hydrogen-bond donors (Lipinski definition) is 3. The molecule has 184 valence electrons. The van der Waals surface area contributed by atoms with Gasteiger partial charge in [-0.3, -0.25) is 10.1 Å². The van der Waals surface area contributed by atoms with Crippen molar-refractivity contribution in [2.45, 2.75) is 0 Å². The van der Waals surface area contributed by atoms with Crippen LogP contribution < -0.4 is 10.6 Å². The molecule has 5 aromatic rings. The molecule has 0 bridgehead atoms. The van der Waals surface area contributed by atoms with E-state index in [9.17, 15) is 14.7 Å². The minimum Gasteiger partial charge on any atom is -0.506 e. The predicted octanol–water partition coefficient (Wildman–Crippen LogP) is 6.28. The number of phenolic OH excluding ortho intramolecular Hbond substituents is 1. The molecule has 37 heavy (non-hydrogen) atoms. The van der Waals surface area contributed by atoms with Gasteiger partial charge in [-0.1, -0.05) is 34.5 Å². The van der Waals surface area contributed by atoms with Crippen LogP contribution in [0.4, 0.5) is 15.6 Å². The number of carbonyl (C=O) groups excluding carboxylic acids is 2. The summed E-state index contributed by atoms with van der Waals surface area (Å²) in [5, 5.41) is 24.3. The SMILES string of the molecule is O=C(Nc1ccc(C(=O)c2ccc(-n3ccnc3)cc2)cc1)Nc1nnc(-c2cc(Cl)cc(Cl)c2O)s1. The third-order valence-corrected chi connectivity index (χ3v) is 6.62. The van der Waals surface area contributed by atoms with Crippen molar-refractivity contribution >= 4 is 57.2 Å². The minimum atomic E-state index is -0.551. The lowest BCUT2D eigenvalue weighted by Gasteiger charge is -2.07. The number of urea groups is 1. The van der Waals surface area contributed by atoms with E-state index in [-0.39, 0.29) is 21.7 Å². The van der Waals surface area contributed by atoms with Crippen molar-refractivity contribution in [2.75, 3.05) is 10.6 Å². The largest absolute Gasteiger partial charge is 0.506 e. The molecule has 2 amide bonds. The third-order valence-electron chi connectivity index (χ3n) is 5.24. The van der Waals surface area contributed by atoms with Crippen molar-refractivity contribution in [1.29, 1.82) is 0 Å². The molecule has 2 aromatic heterocycles. The first-order chi connectivity index (χ1) is 17.9. The highest BCUT2D eigenvalue weighted by Crippen LogP contribution is 2.39. The van der Waals surface area contributed by atoms with E-state index in [2.05, 4.69) is 25.8 Å². The Morgan fingerprint density at radius 3 is 2.30 bits per heavy atom. The average molecular weight is 551 g/mol. The number of aromatic hydroxyl groups is 1. The lowest BCUT2D eigenvalue weighted by atomic mass is 10.0. The summed E-state index contributed by atoms with van der Waals surface area (Å²) in [7, 11) is 0. The molecule has 0 aliphatic carbocycles. The van der Waals surface area contributed by atoms with Crippen LogP contribution in [0.15, 0.2) is 79.4 Å². The van der Waals surface area contributed by atoms with Crippen LogP contribution in [0.2, 0.25) is 10.0 Å². The number of carbonyl (C=O) groups is 2. The van der Waals surface area contributed by atoms with Crippen molar-refractivity contribution < 1.29 is 14.7 Å². The van der Waals surface area contributed by atoms with E-state index >= 15 is 0 Å². The molecule has 0 saturated carbocycles. The number of anilines is 2. The van der Waals surface area contributed by atoms with Crippen LogP contribution in [0.1, 0.15) is 15.9 Å². The van der Waals surface area contributed by atoms with Gasteiger partial charge in [0.2, 0.25) is 5.13 Å². The Hall–Kier alpha value is -4.25. The van der Waals surface area contributed by atoms with Gasteiger partial charge < -0.3 is 15.0 Å². The van der Waals surface area contributed by atoms with Gasteiger partial charge in [0, 0.05) is 39.9 Å². The van der Waals surface area contributed by atoms with Crippen molar-refractivity contribution in [3.05, 3.63) is 101 Å². The molecule has 0 atom stereocenters. The second-order valence-corrected chi connectivity index (χ2v) is 9.52. The molecule has 5 rings (SSSR count). The second-order valence-electron chi connectivity index (χ2n) is 7.70. The van der Waals surface area contributed by atoms with Crippen molar-refractivity contribution in [2.24, 2.45) is 0 Å². The van der Waals surface area contributed by atoms with Gasteiger partial charge in [0.25, 0.3) is 0 Å². The third kappa shape index (κ3) is 5.46. The normalized spacial score (nSPS) is 10.8. The molecule has 2 heterocycles. The standard InChI is InChI=1S/C25H16Cl2N6O3S/c26-16-11-19(22(35)20(27)12-16)23-31-32-25(37-23)30-24(36)29-17-5-1-14(2-6-17)21(34)15-3-7-18(8-4-15)33-10-9-28-13-33/h1-13,35H,(H2,29,30,32,36). The quantitative estimate of drug-likeness (QED) is 0.214. The molecule has 12 heteroatoms. The van der Waals surface area contributed by atoms with E-state index in [0.717, 1.165) is 17.0 Å². The molecule has 0 spiro atoms. The van der Waals surface area contributed by atoms with E-state index in [1.54, 1.807) is 48.9 Å². The summed E-state index contributed by atoms with van der Waals surface area (Å²) in [4.78, 5) is 29.3. The fourth-order valence-electron chi connectivity index (χ4n) is 3.44. The van der Waals surface area contributed by atoms with Gasteiger partial charge in [0.1, 0.15) is 5.75 Å². The monoisotopic (exact) mass is 550 g/mol. The number of benzene rings is 3. The summed E-state index contributed by atoms with van der Waals surface area (Å²) in [6.45, 7) is 0. The zero-order valence-corrected chi connectivity index (χ0v) is 21.1. The Morgan fingerprint density at radius 2 is 1.62 bits per heavy atom. The molecular weight excluding hydrogens is 535 g/mol. The van der Waals surface area contributed by atoms with Gasteiger partial charge in [0.15, 0.2) is 10.8 Å². The first-order valence-electron chi connectivity index (χ1n) is 10.7. The van der Waals surface area contributed by atoms with E-state index in [1.165, 1.54) is 12.1 Å². The number of imidazole rings is 1. The van der Waals surface area contributed by atoms with Crippen LogP contribution >= 0.6 is 34.5 Å². The maximum atomic E-state index is 12.8. The van der Waals surface area contributed by atoms with Crippen LogP contribution in [-0.2, 0) is 0 Å². The van der Waals surface area contributed by atoms with Crippen LogP contribution in [0, 0.1) is 0 Å². The summed E-state index contributed by atoms with van der Waals surface area (Å²) >= 11 is 13.0. The first-order valence-corrected chi connectivity index (χ1v) is 12.3. The molecule has 9 nitrogen and oxygen atoms in total. The van der Waals surface area contributed by atoms with Crippen molar-refractivity contribution in [1.82, 2.24) is 19.7 Å². The fraction of sp³-hybridized carbons (Fsp3) is 0. The number of rotatable bonds is 6. The Labute approximate surface area is 224 Å². The average Bonchev–Trinajstić information content (AvgIpc) is 3.59. The Morgan fingerprint density at radius 1 is 0.919 bits per heavy atom. The summed E-state index contributed by atoms with van der Waals surface area (Å²) in [5.74, 6) is -0.319. The van der Waals surface area contributed by atoms with E-state index in [0.29, 0.717) is 32.4 Å². The van der Waals surface area contributed by atoms with Gasteiger partial charge in [-0.25, -0.2) is 9.78 Å². The number of phenols is 1. The van der Waals surface area contributed by atoms with Gasteiger partial charge in [-0.2, -0.15) is 0 Å². The lowest BCUT2D eigenvalue weighted by Crippen LogP contribution is -2.19. The lowest BCUT2D eigenvalue weighted by molar-refractivity contribution is 0.103. The minimum absolute atomic E-state index is 0.0818. The van der Waals surface area contributed by atoms with Crippen LogP contribution in [-0.4, -0.2) is 36.7 Å². The predicted molar refractivity (Wildman–Crippen MR) is 143 cm³/mol. The van der Waals surface area contributed by atoms with E-state index in [1.807, 2.05) is 22.9 Å². The smallest absolute Gasteiger partial charge is 0.325 e. The highest BCUT2D eigenvalue weighted by Gasteiger charge is 2.16. The molecule has 3 aromatic carbocycles. The molecule has 3 N–H and O–H groups in total. The molecule has 0 saturated heterocycles. The fourth-order valence-corrected chi connectivity index (χ4v) is 4.69. The molecule has 0 radical (unpaired) electrons. The highest BCUT2D eigenvalue weighted by atomic mass is 35.5. The summed E-state index contributed by atoms with van der Waals surface area (Å²) < 4.78 is 1.85. The molecule has 0 unspecified atom stereocenters. The number of nitrogens with zero attached hydrogens (tertiary/aromatic N) is 4. The highest BCUT2D eigenvalue weighted by molar-refractivity contribution is 7.18. The topological polar surface area (TPSA) is 122 Å². The second kappa shape index (κ2) is 10.4. The summed E-state index contributed by atoms with van der Waals surface area (Å²) in [6.07, 6.45) is 5.19. The van der Waals surface area contributed by atoms with Crippen LogP contribution in [0.5, 0.6) is 5.75 Å². The van der Waals surface area contributed by atoms with Crippen molar-refractivity contribution in [3.63, 3.8) is 0 Å². The Balaban J connectivity index is 1.21. The van der Waals surface area contributed by atoms with Crippen LogP contribution in [0.3, 0.4) is 0 Å². The number of ketones is 1. The number of amides is 2. The van der Waals surface area contributed by atoms with Gasteiger partial charge in [0.05, 0.1) is 16.9 Å². The Kier molecular flexibility index (Phi) is 6.87. The number of aromatic nitrogens is 4. The maximum Gasteiger partial charge on any atom is 0.325 e. The number of nitrogens with one attached hydrogen (secondary N) is 2. The first kappa shape index (κ1) is 24.4. The van der Waals surface area contributed by atoms with Crippen molar-refractivity contribution in [3.8, 4) is 22.0 Å².